The molecule has 9 heteroatoms. The van der Waals surface area contributed by atoms with E-state index >= 15 is 0 Å². The lowest BCUT2D eigenvalue weighted by atomic mass is 10.1. The third-order valence-electron chi connectivity index (χ3n) is 3.59. The molecule has 1 rings (SSSR count). The van der Waals surface area contributed by atoms with Gasteiger partial charge in [0.15, 0.2) is 5.12 Å². The minimum atomic E-state index is -1.16. The van der Waals surface area contributed by atoms with E-state index in [2.05, 4.69) is 17.9 Å². The third kappa shape index (κ3) is 5.72. The highest BCUT2D eigenvalue weighted by Gasteiger charge is 2.37. The molecular weight excluding hydrogens is 340 g/mol. The van der Waals surface area contributed by atoms with E-state index in [0.717, 1.165) is 11.8 Å². The Morgan fingerprint density at radius 2 is 2.04 bits per heavy atom. The van der Waals surface area contributed by atoms with Crippen LogP contribution in [0.1, 0.15) is 26.7 Å². The Labute approximate surface area is 145 Å². The molecule has 1 aliphatic heterocycles. The maximum atomic E-state index is 12.5. The number of carbonyl (C=O) groups excluding carboxylic acids is 3. The van der Waals surface area contributed by atoms with Gasteiger partial charge < -0.3 is 15.3 Å². The first-order chi connectivity index (χ1) is 10.8. The normalized spacial score (nSPS) is 20.0. The quantitative estimate of drug-likeness (QED) is 0.566. The number of amides is 2. The molecule has 0 radical (unpaired) electrons. The van der Waals surface area contributed by atoms with E-state index in [1.807, 2.05) is 0 Å². The van der Waals surface area contributed by atoms with Crippen LogP contribution in [-0.2, 0) is 19.2 Å². The fraction of sp³-hybridized carbons (Fsp3) is 0.714. The van der Waals surface area contributed by atoms with Crippen LogP contribution in [0.3, 0.4) is 0 Å². The molecule has 2 N–H and O–H groups in total. The van der Waals surface area contributed by atoms with Crippen molar-refractivity contribution >= 4 is 47.3 Å². The van der Waals surface area contributed by atoms with Crippen molar-refractivity contribution in [3.05, 3.63) is 0 Å². The Kier molecular flexibility index (Phi) is 7.90. The molecule has 0 bridgehead atoms. The Bertz CT molecular complexity index is 486. The van der Waals surface area contributed by atoms with Gasteiger partial charge in [0, 0.05) is 30.9 Å². The van der Waals surface area contributed by atoms with Crippen molar-refractivity contribution in [1.29, 1.82) is 0 Å². The fourth-order valence-corrected chi connectivity index (χ4v) is 3.23. The van der Waals surface area contributed by atoms with E-state index in [9.17, 15) is 19.2 Å². The summed E-state index contributed by atoms with van der Waals surface area (Å²) in [6.07, 6.45) is 1.19. The van der Waals surface area contributed by atoms with Crippen LogP contribution < -0.4 is 5.32 Å². The van der Waals surface area contributed by atoms with E-state index < -0.39 is 24.0 Å². The van der Waals surface area contributed by atoms with Crippen molar-refractivity contribution < 1.29 is 24.3 Å². The number of likely N-dealkylation sites (tertiary alicyclic amines) is 1. The van der Waals surface area contributed by atoms with Gasteiger partial charge in [-0.25, -0.2) is 4.79 Å². The lowest BCUT2D eigenvalue weighted by Crippen LogP contribution is -2.52. The summed E-state index contributed by atoms with van der Waals surface area (Å²) in [5.74, 6) is -1.84. The van der Waals surface area contributed by atoms with Gasteiger partial charge in [0.2, 0.25) is 11.8 Å². The summed E-state index contributed by atoms with van der Waals surface area (Å²) < 4.78 is 0. The smallest absolute Gasteiger partial charge is 0.327 e. The van der Waals surface area contributed by atoms with Gasteiger partial charge in [0.05, 0.1) is 0 Å². The summed E-state index contributed by atoms with van der Waals surface area (Å²) in [6.45, 7) is 3.63. The Morgan fingerprint density at radius 3 is 2.57 bits per heavy atom. The minimum absolute atomic E-state index is 0.0204. The SMILES string of the molecule is CC(=O)SCC(C)C(=O)N1CCC[C@H]1C(=O)N[C@@H](CS)C(=O)O. The summed E-state index contributed by atoms with van der Waals surface area (Å²) >= 11 is 4.98. The average molecular weight is 362 g/mol. The van der Waals surface area contributed by atoms with Gasteiger partial charge in [0.1, 0.15) is 12.1 Å². The number of nitrogens with one attached hydrogen (secondary N) is 1. The number of hydrogen-bond acceptors (Lipinski definition) is 6. The average Bonchev–Trinajstić information content (AvgIpc) is 2.98. The third-order valence-corrected chi connectivity index (χ3v) is 5.03. The van der Waals surface area contributed by atoms with Crippen molar-refractivity contribution in [3.8, 4) is 0 Å². The predicted octanol–water partition coefficient (Wildman–Crippen LogP) is 0.392. The molecule has 0 aromatic heterocycles. The van der Waals surface area contributed by atoms with Crippen molar-refractivity contribution in [2.24, 2.45) is 5.92 Å². The summed E-state index contributed by atoms with van der Waals surface area (Å²) in [6, 6.07) is -1.73. The van der Waals surface area contributed by atoms with E-state index in [1.54, 1.807) is 6.92 Å². The van der Waals surface area contributed by atoms with Crippen LogP contribution in [0.5, 0.6) is 0 Å². The molecule has 1 unspecified atom stereocenters. The minimum Gasteiger partial charge on any atom is -0.480 e. The maximum Gasteiger partial charge on any atom is 0.327 e. The number of carboxylic acids is 1. The number of thioether (sulfide) groups is 1. The Morgan fingerprint density at radius 1 is 1.39 bits per heavy atom. The van der Waals surface area contributed by atoms with Gasteiger partial charge in [-0.1, -0.05) is 18.7 Å². The Balaban J connectivity index is 2.68. The van der Waals surface area contributed by atoms with Crippen molar-refractivity contribution in [2.75, 3.05) is 18.1 Å². The van der Waals surface area contributed by atoms with Gasteiger partial charge in [-0.3, -0.25) is 14.4 Å². The zero-order chi connectivity index (χ0) is 17.6. The first-order valence-corrected chi connectivity index (χ1v) is 8.97. The van der Waals surface area contributed by atoms with Gasteiger partial charge in [-0.05, 0) is 12.8 Å². The molecule has 1 heterocycles. The van der Waals surface area contributed by atoms with Gasteiger partial charge in [0.25, 0.3) is 0 Å². The molecule has 1 fully saturated rings. The van der Waals surface area contributed by atoms with Crippen LogP contribution in [-0.4, -0.2) is 63.0 Å². The van der Waals surface area contributed by atoms with Crippen molar-refractivity contribution in [3.63, 3.8) is 0 Å². The number of carboxylic acid groups (broad SMARTS) is 1. The second-order valence-corrected chi connectivity index (χ2v) is 7.04. The van der Waals surface area contributed by atoms with Crippen LogP contribution in [0.15, 0.2) is 0 Å². The second kappa shape index (κ2) is 9.17. The van der Waals surface area contributed by atoms with Gasteiger partial charge in [-0.15, -0.1) is 0 Å². The van der Waals surface area contributed by atoms with Gasteiger partial charge >= 0.3 is 5.97 Å². The number of rotatable bonds is 7. The van der Waals surface area contributed by atoms with E-state index in [0.29, 0.717) is 25.1 Å². The zero-order valence-corrected chi connectivity index (χ0v) is 14.9. The Hall–Kier alpha value is -1.22. The number of thiol groups is 1. The zero-order valence-electron chi connectivity index (χ0n) is 13.2. The molecule has 130 valence electrons. The summed E-state index contributed by atoms with van der Waals surface area (Å²) in [5, 5.41) is 11.3. The van der Waals surface area contributed by atoms with Gasteiger partial charge in [-0.2, -0.15) is 12.6 Å². The molecule has 0 saturated carbocycles. The number of aliphatic carboxylic acids is 1. The highest BCUT2D eigenvalue weighted by Crippen LogP contribution is 2.22. The molecule has 0 aliphatic carbocycles. The number of carbonyl (C=O) groups is 4. The van der Waals surface area contributed by atoms with Crippen LogP contribution in [0, 0.1) is 5.92 Å². The van der Waals surface area contributed by atoms with Crippen LogP contribution in [0.4, 0.5) is 0 Å². The molecule has 3 atom stereocenters. The first kappa shape index (κ1) is 19.8. The van der Waals surface area contributed by atoms with E-state index in [4.69, 9.17) is 5.11 Å². The molecule has 0 aromatic carbocycles. The first-order valence-electron chi connectivity index (χ1n) is 7.35. The summed E-state index contributed by atoms with van der Waals surface area (Å²) in [4.78, 5) is 48.2. The monoisotopic (exact) mass is 362 g/mol. The fourth-order valence-electron chi connectivity index (χ4n) is 2.35. The molecule has 1 aliphatic rings. The molecule has 7 nitrogen and oxygen atoms in total. The topological polar surface area (TPSA) is 104 Å². The highest BCUT2D eigenvalue weighted by atomic mass is 32.2. The van der Waals surface area contributed by atoms with E-state index in [1.165, 1.54) is 11.8 Å². The second-order valence-electron chi connectivity index (χ2n) is 5.48. The molecular formula is C14H22N2O5S2. The maximum absolute atomic E-state index is 12.5. The van der Waals surface area contributed by atoms with Crippen molar-refractivity contribution in [1.82, 2.24) is 10.2 Å². The van der Waals surface area contributed by atoms with Crippen LogP contribution in [0.2, 0.25) is 0 Å². The number of nitrogens with zero attached hydrogens (tertiary/aromatic N) is 1. The standard InChI is InChI=1S/C14H22N2O5S2/c1-8(7-23-9(2)17)13(19)16-5-3-4-11(16)12(18)15-10(6-22)14(20)21/h8,10-11,22H,3-7H2,1-2H3,(H,15,18)(H,20,21)/t8?,10-,11-/m0/s1. The van der Waals surface area contributed by atoms with Crippen molar-refractivity contribution in [2.45, 2.75) is 38.8 Å². The lowest BCUT2D eigenvalue weighted by molar-refractivity contribution is -0.144. The molecule has 0 aromatic rings. The molecule has 23 heavy (non-hydrogen) atoms. The molecule has 1 saturated heterocycles. The largest absolute Gasteiger partial charge is 0.480 e. The molecule has 2 amide bonds. The summed E-state index contributed by atoms with van der Waals surface area (Å²) in [7, 11) is 0. The molecule has 0 spiro atoms. The lowest BCUT2D eigenvalue weighted by Gasteiger charge is -2.27. The highest BCUT2D eigenvalue weighted by molar-refractivity contribution is 8.13. The number of hydrogen-bond donors (Lipinski definition) is 3. The van der Waals surface area contributed by atoms with E-state index in [-0.39, 0.29) is 22.7 Å². The van der Waals surface area contributed by atoms with Crippen LogP contribution in [0.25, 0.3) is 0 Å². The van der Waals surface area contributed by atoms with Crippen LogP contribution >= 0.6 is 24.4 Å². The predicted molar refractivity (Wildman–Crippen MR) is 90.5 cm³/mol. The summed E-state index contributed by atoms with van der Waals surface area (Å²) in [5.41, 5.74) is 0.